The minimum Gasteiger partial charge on any atom is -0.207 e. The van der Waals surface area contributed by atoms with Gasteiger partial charge in [0.1, 0.15) is 5.82 Å². The van der Waals surface area contributed by atoms with Crippen molar-refractivity contribution < 1.29 is 4.39 Å². The van der Waals surface area contributed by atoms with Gasteiger partial charge in [0.15, 0.2) is 0 Å². The molecule has 0 amide bonds. The third-order valence-electron chi connectivity index (χ3n) is 2.50. The van der Waals surface area contributed by atoms with Gasteiger partial charge in [0.25, 0.3) is 0 Å². The van der Waals surface area contributed by atoms with Gasteiger partial charge in [-0.3, -0.25) is 0 Å². The summed E-state index contributed by atoms with van der Waals surface area (Å²) in [6, 6.07) is 7.15. The van der Waals surface area contributed by atoms with Crippen LogP contribution in [-0.4, -0.2) is 0 Å². The first kappa shape index (κ1) is 13.1. The highest BCUT2D eigenvalue weighted by molar-refractivity contribution is 9.10. The van der Waals surface area contributed by atoms with Gasteiger partial charge in [0.05, 0.1) is 5.38 Å². The van der Waals surface area contributed by atoms with Crippen LogP contribution in [0.15, 0.2) is 28.7 Å². The molecule has 1 unspecified atom stereocenters. The minimum absolute atomic E-state index is 0.247. The van der Waals surface area contributed by atoms with Gasteiger partial charge in [-0.25, -0.2) is 4.39 Å². The first-order valence-corrected chi connectivity index (χ1v) is 7.19. The Morgan fingerprint density at radius 2 is 2.00 bits per heavy atom. The molecule has 1 atom stereocenters. The standard InChI is InChI=1S/C13H11BrClFS/c1-7-3-4-9(11(16)5-7)12(15)13-10(14)6-8(2)17-13/h3-6,12H,1-2H3. The average Bonchev–Trinajstić information content (AvgIpc) is 2.57. The van der Waals surface area contributed by atoms with Crippen LogP contribution in [0.1, 0.15) is 26.3 Å². The molecule has 4 heteroatoms. The second-order valence-electron chi connectivity index (χ2n) is 3.96. The highest BCUT2D eigenvalue weighted by Crippen LogP contribution is 2.40. The Morgan fingerprint density at radius 1 is 1.29 bits per heavy atom. The van der Waals surface area contributed by atoms with Gasteiger partial charge in [-0.1, -0.05) is 12.1 Å². The van der Waals surface area contributed by atoms with Crippen LogP contribution in [-0.2, 0) is 0 Å². The van der Waals surface area contributed by atoms with E-state index in [1.165, 1.54) is 6.07 Å². The maximum Gasteiger partial charge on any atom is 0.128 e. The van der Waals surface area contributed by atoms with Crippen molar-refractivity contribution in [2.45, 2.75) is 19.2 Å². The molecule has 0 saturated carbocycles. The fourth-order valence-corrected chi connectivity index (χ4v) is 4.09. The molecule has 0 spiro atoms. The summed E-state index contributed by atoms with van der Waals surface area (Å²) in [6.07, 6.45) is 0. The van der Waals surface area contributed by atoms with Crippen molar-refractivity contribution in [3.63, 3.8) is 0 Å². The number of thiophene rings is 1. The van der Waals surface area contributed by atoms with Crippen molar-refractivity contribution in [3.05, 3.63) is 55.4 Å². The van der Waals surface area contributed by atoms with Crippen LogP contribution < -0.4 is 0 Å². The topological polar surface area (TPSA) is 0 Å². The van der Waals surface area contributed by atoms with Gasteiger partial charge in [-0.05, 0) is 47.5 Å². The lowest BCUT2D eigenvalue weighted by Gasteiger charge is -2.10. The summed E-state index contributed by atoms with van der Waals surface area (Å²) in [5, 5.41) is -0.441. The molecule has 0 aliphatic heterocycles. The molecule has 1 heterocycles. The van der Waals surface area contributed by atoms with Gasteiger partial charge >= 0.3 is 0 Å². The van der Waals surface area contributed by atoms with E-state index < -0.39 is 5.38 Å². The van der Waals surface area contributed by atoms with Crippen molar-refractivity contribution in [1.82, 2.24) is 0 Å². The summed E-state index contributed by atoms with van der Waals surface area (Å²) in [5.74, 6) is -0.247. The zero-order valence-corrected chi connectivity index (χ0v) is 12.6. The van der Waals surface area contributed by atoms with Crippen LogP contribution in [0.2, 0.25) is 0 Å². The molecule has 17 heavy (non-hydrogen) atoms. The van der Waals surface area contributed by atoms with E-state index >= 15 is 0 Å². The number of alkyl halides is 1. The van der Waals surface area contributed by atoms with Gasteiger partial charge in [0, 0.05) is 19.8 Å². The molecule has 90 valence electrons. The summed E-state index contributed by atoms with van der Waals surface area (Å²) < 4.78 is 14.8. The maximum absolute atomic E-state index is 13.8. The van der Waals surface area contributed by atoms with E-state index in [-0.39, 0.29) is 5.82 Å². The smallest absolute Gasteiger partial charge is 0.128 e. The summed E-state index contributed by atoms with van der Waals surface area (Å²) in [7, 11) is 0. The Balaban J connectivity index is 2.43. The SMILES string of the molecule is Cc1ccc(C(Cl)c2sc(C)cc2Br)c(F)c1. The Hall–Kier alpha value is -0.380. The molecule has 0 fully saturated rings. The molecular formula is C13H11BrClFS. The molecule has 0 N–H and O–H groups in total. The van der Waals surface area contributed by atoms with Crippen molar-refractivity contribution >= 4 is 38.9 Å². The average molecular weight is 334 g/mol. The lowest BCUT2D eigenvalue weighted by atomic mass is 10.1. The van der Waals surface area contributed by atoms with Crippen LogP contribution in [0, 0.1) is 19.7 Å². The fourth-order valence-electron chi connectivity index (χ4n) is 1.65. The number of rotatable bonds is 2. The molecule has 1 aromatic carbocycles. The Labute approximate surface area is 118 Å². The molecule has 2 aromatic rings. The zero-order chi connectivity index (χ0) is 12.6. The van der Waals surface area contributed by atoms with E-state index in [1.54, 1.807) is 17.4 Å². The number of halogens is 3. The van der Waals surface area contributed by atoms with E-state index in [9.17, 15) is 4.39 Å². The molecule has 1 aromatic heterocycles. The molecule has 0 saturated heterocycles. The third kappa shape index (κ3) is 2.72. The monoisotopic (exact) mass is 332 g/mol. The lowest BCUT2D eigenvalue weighted by molar-refractivity contribution is 0.611. The maximum atomic E-state index is 13.8. The molecular weight excluding hydrogens is 323 g/mol. The predicted octanol–water partition coefficient (Wildman–Crippen LogP) is 5.59. The van der Waals surface area contributed by atoms with Crippen molar-refractivity contribution in [2.24, 2.45) is 0 Å². The van der Waals surface area contributed by atoms with E-state index in [4.69, 9.17) is 11.6 Å². The largest absolute Gasteiger partial charge is 0.207 e. The molecule has 0 aliphatic carbocycles. The van der Waals surface area contributed by atoms with Crippen molar-refractivity contribution in [2.75, 3.05) is 0 Å². The molecule has 0 nitrogen and oxygen atoms in total. The highest BCUT2D eigenvalue weighted by atomic mass is 79.9. The normalized spacial score (nSPS) is 12.8. The first-order chi connectivity index (χ1) is 7.99. The Morgan fingerprint density at radius 3 is 2.53 bits per heavy atom. The third-order valence-corrected chi connectivity index (χ3v) is 5.11. The van der Waals surface area contributed by atoms with Gasteiger partial charge in [-0.15, -0.1) is 22.9 Å². The van der Waals surface area contributed by atoms with Crippen LogP contribution in [0.5, 0.6) is 0 Å². The number of hydrogen-bond acceptors (Lipinski definition) is 1. The first-order valence-electron chi connectivity index (χ1n) is 5.15. The number of hydrogen-bond donors (Lipinski definition) is 0. The summed E-state index contributed by atoms with van der Waals surface area (Å²) in [5.41, 5.74) is 1.43. The quantitative estimate of drug-likeness (QED) is 0.628. The van der Waals surface area contributed by atoms with E-state index in [0.717, 1.165) is 19.8 Å². The molecule has 0 aliphatic rings. The highest BCUT2D eigenvalue weighted by Gasteiger charge is 2.19. The van der Waals surface area contributed by atoms with Crippen molar-refractivity contribution in [1.29, 1.82) is 0 Å². The van der Waals surface area contributed by atoms with E-state index in [1.807, 2.05) is 26.0 Å². The van der Waals surface area contributed by atoms with E-state index in [0.29, 0.717) is 5.56 Å². The summed E-state index contributed by atoms with van der Waals surface area (Å²) in [6.45, 7) is 3.87. The summed E-state index contributed by atoms with van der Waals surface area (Å²) in [4.78, 5) is 2.11. The van der Waals surface area contributed by atoms with Crippen LogP contribution in [0.25, 0.3) is 0 Å². The van der Waals surface area contributed by atoms with Crippen LogP contribution in [0.4, 0.5) is 4.39 Å². The minimum atomic E-state index is -0.441. The second-order valence-corrected chi connectivity index (χ2v) is 6.54. The van der Waals surface area contributed by atoms with Gasteiger partial charge < -0.3 is 0 Å². The van der Waals surface area contributed by atoms with E-state index in [2.05, 4.69) is 15.9 Å². The Kier molecular flexibility index (Phi) is 3.91. The molecule has 0 radical (unpaired) electrons. The summed E-state index contributed by atoms with van der Waals surface area (Å²) >= 11 is 11.4. The van der Waals surface area contributed by atoms with Gasteiger partial charge in [0.2, 0.25) is 0 Å². The van der Waals surface area contributed by atoms with Gasteiger partial charge in [-0.2, -0.15) is 0 Å². The van der Waals surface area contributed by atoms with Crippen molar-refractivity contribution in [3.8, 4) is 0 Å². The molecule has 0 bridgehead atoms. The molecule has 2 rings (SSSR count). The number of aryl methyl sites for hydroxylation is 2. The Bertz CT molecular complexity index is 550. The predicted molar refractivity (Wildman–Crippen MR) is 75.6 cm³/mol. The fraction of sp³-hybridized carbons (Fsp3) is 0.231. The number of benzene rings is 1. The second kappa shape index (κ2) is 5.09. The lowest BCUT2D eigenvalue weighted by Crippen LogP contribution is -1.96. The van der Waals surface area contributed by atoms with Crippen LogP contribution in [0.3, 0.4) is 0 Å². The zero-order valence-electron chi connectivity index (χ0n) is 9.43. The van der Waals surface area contributed by atoms with Crippen LogP contribution >= 0.6 is 38.9 Å².